The molecule has 3 aromatic carbocycles. The summed E-state index contributed by atoms with van der Waals surface area (Å²) in [7, 11) is 0. The fraction of sp³-hybridized carbons (Fsp3) is 0.296. The molecule has 0 saturated heterocycles. The number of tetrazole rings is 1. The lowest BCUT2D eigenvalue weighted by Crippen LogP contribution is -2.63. The molecule has 1 aliphatic heterocycles. The van der Waals surface area contributed by atoms with Crippen LogP contribution in [0.3, 0.4) is 0 Å². The van der Waals surface area contributed by atoms with Crippen molar-refractivity contribution < 1.29 is 9.59 Å². The van der Waals surface area contributed by atoms with Gasteiger partial charge in [0.15, 0.2) is 0 Å². The first-order chi connectivity index (χ1) is 17.5. The molecule has 0 spiro atoms. The Kier molecular flexibility index (Phi) is 7.56. The average molecular weight is 520 g/mol. The van der Waals surface area contributed by atoms with Crippen molar-refractivity contribution in [2.45, 2.75) is 38.8 Å². The van der Waals surface area contributed by atoms with Crippen molar-refractivity contribution in [1.29, 1.82) is 0 Å². The Morgan fingerprint density at radius 1 is 1.14 bits per heavy atom. The first-order valence-corrected chi connectivity index (χ1v) is 12.1. The van der Waals surface area contributed by atoms with Crippen LogP contribution in [0.2, 0.25) is 0 Å². The highest BCUT2D eigenvalue weighted by Crippen LogP contribution is 2.37. The normalized spacial score (nSPS) is 18.1. The number of primary amides is 1. The Labute approximate surface area is 221 Å². The van der Waals surface area contributed by atoms with E-state index in [1.54, 1.807) is 11.8 Å². The molecule has 2 atom stereocenters. The number of hydrogen-bond donors (Lipinski definition) is 3. The molecule has 1 aromatic heterocycles. The predicted octanol–water partition coefficient (Wildman–Crippen LogP) is 3.39. The van der Waals surface area contributed by atoms with Crippen molar-refractivity contribution in [3.8, 4) is 11.4 Å². The molecule has 0 radical (unpaired) electrons. The van der Waals surface area contributed by atoms with Crippen LogP contribution < -0.4 is 16.0 Å². The number of nitrogens with two attached hydrogens (primary N) is 1. The molecule has 2 unspecified atom stereocenters. The van der Waals surface area contributed by atoms with Crippen molar-refractivity contribution in [3.05, 3.63) is 71.8 Å². The van der Waals surface area contributed by atoms with E-state index in [0.717, 1.165) is 33.2 Å². The lowest BCUT2D eigenvalue weighted by Gasteiger charge is -2.39. The second-order valence-corrected chi connectivity index (χ2v) is 9.20. The summed E-state index contributed by atoms with van der Waals surface area (Å²) in [5.74, 6) is -0.813. The summed E-state index contributed by atoms with van der Waals surface area (Å²) in [6, 6.07) is 19.9. The maximum absolute atomic E-state index is 14.4. The van der Waals surface area contributed by atoms with Gasteiger partial charge in [-0.05, 0) is 52.6 Å². The summed E-state index contributed by atoms with van der Waals surface area (Å²) >= 11 is 0. The minimum absolute atomic E-state index is 0. The summed E-state index contributed by atoms with van der Waals surface area (Å²) in [5, 5.41) is 19.8. The molecule has 2 amide bonds. The zero-order chi connectivity index (χ0) is 25.3. The quantitative estimate of drug-likeness (QED) is 0.343. The third kappa shape index (κ3) is 4.56. The number of carbonyl (C=O) groups is 2. The standard InChI is InChI=1S/C27H29N7O2.ClH/c1-3-29-27(17(2)24(28)35)15-14-18-8-4-5-13-23(18)34(26(27)36)16-19-9-6-11-21-20(19)10-7-12-22(21)25-30-32-33-31-25;/h4-13,17,29H,3,14-16H2,1-2H3,(H2,28,35)(H,30,31,32,33);1H. The number of fused-ring (bicyclic) bond motifs is 2. The molecule has 1 aliphatic rings. The number of hydrogen-bond acceptors (Lipinski definition) is 6. The first-order valence-electron chi connectivity index (χ1n) is 12.1. The molecule has 2 heterocycles. The Balaban J connectivity index is 0.00000320. The van der Waals surface area contributed by atoms with E-state index in [9.17, 15) is 9.59 Å². The Morgan fingerprint density at radius 2 is 1.89 bits per heavy atom. The fourth-order valence-electron chi connectivity index (χ4n) is 5.36. The van der Waals surface area contributed by atoms with Crippen molar-refractivity contribution >= 4 is 40.7 Å². The monoisotopic (exact) mass is 519 g/mol. The van der Waals surface area contributed by atoms with E-state index in [-0.39, 0.29) is 18.3 Å². The zero-order valence-electron chi connectivity index (χ0n) is 20.8. The second-order valence-electron chi connectivity index (χ2n) is 9.20. The number of anilines is 1. The topological polar surface area (TPSA) is 130 Å². The predicted molar refractivity (Wildman–Crippen MR) is 145 cm³/mol. The van der Waals surface area contributed by atoms with Crippen LogP contribution >= 0.6 is 12.4 Å². The summed E-state index contributed by atoms with van der Waals surface area (Å²) in [5.41, 5.74) is 8.42. The number of amides is 2. The number of carbonyl (C=O) groups excluding carboxylic acids is 2. The third-order valence-electron chi connectivity index (χ3n) is 7.28. The van der Waals surface area contributed by atoms with Gasteiger partial charge in [-0.2, -0.15) is 5.21 Å². The first kappa shape index (κ1) is 26.2. The van der Waals surface area contributed by atoms with Gasteiger partial charge in [0, 0.05) is 11.3 Å². The van der Waals surface area contributed by atoms with E-state index >= 15 is 0 Å². The van der Waals surface area contributed by atoms with Gasteiger partial charge in [0.2, 0.25) is 17.6 Å². The molecule has 192 valence electrons. The van der Waals surface area contributed by atoms with Gasteiger partial charge in [0.1, 0.15) is 5.54 Å². The molecule has 4 N–H and O–H groups in total. The summed E-state index contributed by atoms with van der Waals surface area (Å²) in [6.07, 6.45) is 1.13. The highest BCUT2D eigenvalue weighted by molar-refractivity contribution is 6.05. The number of benzene rings is 3. The Bertz CT molecular complexity index is 1430. The number of likely N-dealkylation sites (N-methyl/N-ethyl adjacent to an activating group) is 1. The van der Waals surface area contributed by atoms with Gasteiger partial charge in [0.25, 0.3) is 0 Å². The van der Waals surface area contributed by atoms with Gasteiger partial charge in [0.05, 0.1) is 12.5 Å². The van der Waals surface area contributed by atoms with Crippen molar-refractivity contribution in [2.24, 2.45) is 11.7 Å². The number of rotatable bonds is 7. The molecule has 0 aliphatic carbocycles. The lowest BCUT2D eigenvalue weighted by atomic mass is 9.79. The maximum atomic E-state index is 14.4. The molecule has 5 rings (SSSR count). The smallest absolute Gasteiger partial charge is 0.248 e. The highest BCUT2D eigenvalue weighted by Gasteiger charge is 2.49. The van der Waals surface area contributed by atoms with E-state index in [2.05, 4.69) is 25.9 Å². The number of aromatic amines is 1. The lowest BCUT2D eigenvalue weighted by molar-refractivity contribution is -0.134. The van der Waals surface area contributed by atoms with Gasteiger partial charge in [-0.1, -0.05) is 68.4 Å². The van der Waals surface area contributed by atoms with Crippen molar-refractivity contribution in [1.82, 2.24) is 25.9 Å². The number of aryl methyl sites for hydroxylation is 1. The molecule has 9 nitrogen and oxygen atoms in total. The molecule has 0 fully saturated rings. The van der Waals surface area contributed by atoms with E-state index in [1.165, 1.54) is 0 Å². The zero-order valence-corrected chi connectivity index (χ0v) is 21.6. The van der Waals surface area contributed by atoms with Crippen molar-refractivity contribution in [3.63, 3.8) is 0 Å². The van der Waals surface area contributed by atoms with Crippen LogP contribution in [0.25, 0.3) is 22.2 Å². The van der Waals surface area contributed by atoms with Gasteiger partial charge < -0.3 is 16.0 Å². The fourth-order valence-corrected chi connectivity index (χ4v) is 5.36. The Morgan fingerprint density at radius 3 is 2.62 bits per heavy atom. The van der Waals surface area contributed by atoms with Crippen LogP contribution in [0.1, 0.15) is 31.4 Å². The molecular weight excluding hydrogens is 490 g/mol. The molecule has 10 heteroatoms. The van der Waals surface area contributed by atoms with Crippen LogP contribution in [-0.2, 0) is 22.6 Å². The van der Waals surface area contributed by atoms with Gasteiger partial charge in [-0.25, -0.2) is 0 Å². The number of nitrogens with one attached hydrogen (secondary N) is 2. The highest BCUT2D eigenvalue weighted by atomic mass is 35.5. The molecular formula is C27H30ClN7O2. The van der Waals surface area contributed by atoms with Crippen LogP contribution in [0.5, 0.6) is 0 Å². The molecule has 4 aromatic rings. The van der Waals surface area contributed by atoms with Crippen LogP contribution in [-0.4, -0.2) is 44.5 Å². The van der Waals surface area contributed by atoms with Crippen LogP contribution in [0, 0.1) is 5.92 Å². The number of aromatic nitrogens is 4. The van der Waals surface area contributed by atoms with Gasteiger partial charge in [-0.3, -0.25) is 9.59 Å². The molecule has 37 heavy (non-hydrogen) atoms. The van der Waals surface area contributed by atoms with E-state index in [4.69, 9.17) is 5.73 Å². The van der Waals surface area contributed by atoms with Gasteiger partial charge in [-0.15, -0.1) is 22.6 Å². The minimum Gasteiger partial charge on any atom is -0.369 e. The number of halogens is 1. The van der Waals surface area contributed by atoms with Crippen LogP contribution in [0.4, 0.5) is 5.69 Å². The Hall–Kier alpha value is -3.82. The van der Waals surface area contributed by atoms with Gasteiger partial charge >= 0.3 is 0 Å². The van der Waals surface area contributed by atoms with Crippen molar-refractivity contribution in [2.75, 3.05) is 11.4 Å². The largest absolute Gasteiger partial charge is 0.369 e. The summed E-state index contributed by atoms with van der Waals surface area (Å²) < 4.78 is 0. The molecule has 0 saturated carbocycles. The van der Waals surface area contributed by atoms with Crippen LogP contribution in [0.15, 0.2) is 60.7 Å². The third-order valence-corrected chi connectivity index (χ3v) is 7.28. The second kappa shape index (κ2) is 10.7. The number of H-pyrrole nitrogens is 1. The molecule has 0 bridgehead atoms. The number of para-hydroxylation sites is 1. The van der Waals surface area contributed by atoms with E-state index in [0.29, 0.717) is 31.8 Å². The minimum atomic E-state index is -1.10. The van der Waals surface area contributed by atoms with E-state index < -0.39 is 17.4 Å². The maximum Gasteiger partial charge on any atom is 0.248 e. The average Bonchev–Trinajstić information content (AvgIpc) is 3.40. The van der Waals surface area contributed by atoms with E-state index in [1.807, 2.05) is 67.6 Å². The SMILES string of the molecule is CCNC1(C(C)C(N)=O)CCc2ccccc2N(Cc2cccc3c(-c4nn[nH]n4)cccc23)C1=O.Cl. The summed E-state index contributed by atoms with van der Waals surface area (Å²) in [6.45, 7) is 4.55. The summed E-state index contributed by atoms with van der Waals surface area (Å²) in [4.78, 5) is 28.6. The number of nitrogens with zero attached hydrogens (tertiary/aromatic N) is 4.